The molecule has 130 valence electrons. The van der Waals surface area contributed by atoms with Crippen molar-refractivity contribution in [2.45, 2.75) is 30.4 Å². The Hall–Kier alpha value is -2.13. The van der Waals surface area contributed by atoms with E-state index in [1.54, 1.807) is 18.2 Å². The normalized spacial score (nSPS) is 11.2. The molecule has 1 aromatic carbocycles. The molecule has 0 bridgehead atoms. The molecule has 2 aromatic rings. The van der Waals surface area contributed by atoms with Crippen molar-refractivity contribution >= 4 is 33.0 Å². The zero-order valence-electron chi connectivity index (χ0n) is 13.3. The standard InChI is InChI=1S/C15H18N2O5S2/c1-3-13-16-9-15(23-13)24(20,21)17-11-8-10(5-7-14(18)19)4-6-12(11)22-2/h4,6,8-9,17H,3,5,7H2,1-2H3,(H,18,19). The molecule has 0 saturated heterocycles. The van der Waals surface area contributed by atoms with Crippen LogP contribution in [0.15, 0.2) is 28.6 Å². The summed E-state index contributed by atoms with van der Waals surface area (Å²) in [5.41, 5.74) is 0.973. The van der Waals surface area contributed by atoms with Gasteiger partial charge >= 0.3 is 5.97 Å². The van der Waals surface area contributed by atoms with E-state index in [9.17, 15) is 13.2 Å². The lowest BCUT2D eigenvalue weighted by Gasteiger charge is -2.12. The number of carboxylic acid groups (broad SMARTS) is 1. The SMILES string of the molecule is CCc1ncc(S(=O)(=O)Nc2cc(CCC(=O)O)ccc2OC)s1. The summed E-state index contributed by atoms with van der Waals surface area (Å²) in [7, 11) is -2.34. The minimum atomic E-state index is -3.77. The minimum absolute atomic E-state index is 0.0345. The van der Waals surface area contributed by atoms with Gasteiger partial charge < -0.3 is 9.84 Å². The maximum Gasteiger partial charge on any atom is 0.303 e. The van der Waals surface area contributed by atoms with Gasteiger partial charge in [-0.15, -0.1) is 11.3 Å². The number of sulfonamides is 1. The summed E-state index contributed by atoms with van der Waals surface area (Å²) >= 11 is 1.11. The number of rotatable bonds is 8. The van der Waals surface area contributed by atoms with E-state index in [4.69, 9.17) is 9.84 Å². The molecule has 0 unspecified atom stereocenters. The van der Waals surface area contributed by atoms with Crippen LogP contribution in [0.5, 0.6) is 5.75 Å². The monoisotopic (exact) mass is 370 g/mol. The molecule has 0 aliphatic carbocycles. The van der Waals surface area contributed by atoms with Gasteiger partial charge in [0.2, 0.25) is 0 Å². The third-order valence-electron chi connectivity index (χ3n) is 3.24. The number of nitrogens with zero attached hydrogens (tertiary/aromatic N) is 1. The van der Waals surface area contributed by atoms with Crippen LogP contribution < -0.4 is 9.46 Å². The van der Waals surface area contributed by atoms with Crippen molar-refractivity contribution in [3.05, 3.63) is 35.0 Å². The quantitative estimate of drug-likeness (QED) is 0.740. The molecule has 1 aromatic heterocycles. The summed E-state index contributed by atoms with van der Waals surface area (Å²) in [5.74, 6) is -0.553. The fraction of sp³-hybridized carbons (Fsp3) is 0.333. The Bertz CT molecular complexity index is 830. The fourth-order valence-corrected chi connectivity index (χ4v) is 4.20. The Balaban J connectivity index is 2.28. The number of aliphatic carboxylic acids is 1. The molecule has 0 atom stereocenters. The van der Waals surface area contributed by atoms with E-state index in [0.717, 1.165) is 16.3 Å². The van der Waals surface area contributed by atoms with Crippen LogP contribution in [0, 0.1) is 0 Å². The Labute approximate surface area is 144 Å². The first kappa shape index (κ1) is 18.2. The first-order valence-corrected chi connectivity index (χ1v) is 9.52. The highest BCUT2D eigenvalue weighted by Crippen LogP contribution is 2.30. The first-order chi connectivity index (χ1) is 11.4. The molecule has 0 amide bonds. The van der Waals surface area contributed by atoms with Crippen molar-refractivity contribution in [3.63, 3.8) is 0 Å². The molecule has 2 rings (SSSR count). The minimum Gasteiger partial charge on any atom is -0.495 e. The number of thiazole rings is 1. The Morgan fingerprint density at radius 1 is 1.42 bits per heavy atom. The number of anilines is 1. The fourth-order valence-electron chi connectivity index (χ4n) is 2.02. The number of ether oxygens (including phenoxy) is 1. The van der Waals surface area contributed by atoms with Crippen molar-refractivity contribution in [1.29, 1.82) is 0 Å². The number of nitrogens with one attached hydrogen (secondary N) is 1. The molecular weight excluding hydrogens is 352 g/mol. The highest BCUT2D eigenvalue weighted by Gasteiger charge is 2.20. The Kier molecular flexibility index (Phi) is 5.79. The summed E-state index contributed by atoms with van der Waals surface area (Å²) in [5, 5.41) is 9.50. The van der Waals surface area contributed by atoms with Crippen molar-refractivity contribution in [2.75, 3.05) is 11.8 Å². The summed E-state index contributed by atoms with van der Waals surface area (Å²) in [4.78, 5) is 14.7. The maximum absolute atomic E-state index is 12.5. The lowest BCUT2D eigenvalue weighted by Crippen LogP contribution is -2.12. The van der Waals surface area contributed by atoms with Gasteiger partial charge in [-0.25, -0.2) is 13.4 Å². The lowest BCUT2D eigenvalue weighted by molar-refractivity contribution is -0.136. The Morgan fingerprint density at radius 2 is 2.17 bits per heavy atom. The van der Waals surface area contributed by atoms with Gasteiger partial charge in [-0.05, 0) is 30.5 Å². The second-order valence-electron chi connectivity index (χ2n) is 4.96. The van der Waals surface area contributed by atoms with Gasteiger partial charge in [0.1, 0.15) is 5.75 Å². The number of aryl methyl sites for hydroxylation is 2. The van der Waals surface area contributed by atoms with Crippen LogP contribution in [-0.2, 0) is 27.7 Å². The van der Waals surface area contributed by atoms with Crippen molar-refractivity contribution < 1.29 is 23.1 Å². The lowest BCUT2D eigenvalue weighted by atomic mass is 10.1. The molecule has 9 heteroatoms. The van der Waals surface area contributed by atoms with Crippen LogP contribution in [0.25, 0.3) is 0 Å². The van der Waals surface area contributed by atoms with E-state index in [1.807, 2.05) is 6.92 Å². The highest BCUT2D eigenvalue weighted by molar-refractivity contribution is 7.94. The van der Waals surface area contributed by atoms with E-state index in [2.05, 4.69) is 9.71 Å². The van der Waals surface area contributed by atoms with E-state index in [0.29, 0.717) is 24.2 Å². The zero-order chi connectivity index (χ0) is 17.7. The van der Waals surface area contributed by atoms with E-state index < -0.39 is 16.0 Å². The van der Waals surface area contributed by atoms with Crippen LogP contribution in [0.1, 0.15) is 23.9 Å². The molecule has 0 radical (unpaired) electrons. The average molecular weight is 370 g/mol. The number of carbonyl (C=O) groups is 1. The van der Waals surface area contributed by atoms with E-state index >= 15 is 0 Å². The van der Waals surface area contributed by atoms with Gasteiger partial charge in [-0.2, -0.15) is 0 Å². The van der Waals surface area contributed by atoms with Gasteiger partial charge in [-0.3, -0.25) is 9.52 Å². The number of carboxylic acids is 1. The van der Waals surface area contributed by atoms with Gasteiger partial charge in [0.05, 0.1) is 24.0 Å². The summed E-state index contributed by atoms with van der Waals surface area (Å²) in [6.45, 7) is 1.90. The van der Waals surface area contributed by atoms with Gasteiger partial charge in [0.15, 0.2) is 4.21 Å². The molecule has 1 heterocycles. The van der Waals surface area contributed by atoms with Crippen LogP contribution in [-0.4, -0.2) is 31.6 Å². The van der Waals surface area contributed by atoms with Crippen LogP contribution in [0.3, 0.4) is 0 Å². The largest absolute Gasteiger partial charge is 0.495 e. The number of benzene rings is 1. The van der Waals surface area contributed by atoms with E-state index in [1.165, 1.54) is 13.3 Å². The zero-order valence-corrected chi connectivity index (χ0v) is 14.9. The van der Waals surface area contributed by atoms with Gasteiger partial charge in [0.25, 0.3) is 10.0 Å². The summed E-state index contributed by atoms with van der Waals surface area (Å²) < 4.78 is 32.8. The van der Waals surface area contributed by atoms with Gasteiger partial charge in [-0.1, -0.05) is 13.0 Å². The van der Waals surface area contributed by atoms with Crippen LogP contribution >= 0.6 is 11.3 Å². The second-order valence-corrected chi connectivity index (χ2v) is 7.98. The smallest absolute Gasteiger partial charge is 0.303 e. The molecule has 7 nitrogen and oxygen atoms in total. The average Bonchev–Trinajstić information content (AvgIpc) is 3.03. The molecule has 0 aliphatic rings. The predicted octanol–water partition coefficient (Wildman–Crippen LogP) is 2.53. The van der Waals surface area contributed by atoms with E-state index in [-0.39, 0.29) is 16.3 Å². The third kappa shape index (κ3) is 4.45. The van der Waals surface area contributed by atoms with Gasteiger partial charge in [0, 0.05) is 6.42 Å². The molecule has 0 aliphatic heterocycles. The van der Waals surface area contributed by atoms with Crippen molar-refractivity contribution in [2.24, 2.45) is 0 Å². The molecule has 0 fully saturated rings. The first-order valence-electron chi connectivity index (χ1n) is 7.22. The van der Waals surface area contributed by atoms with Crippen LogP contribution in [0.4, 0.5) is 5.69 Å². The summed E-state index contributed by atoms with van der Waals surface area (Å²) in [6.07, 6.45) is 2.25. The summed E-state index contributed by atoms with van der Waals surface area (Å²) in [6, 6.07) is 4.90. The third-order valence-corrected chi connectivity index (χ3v) is 6.20. The molecule has 0 spiro atoms. The number of hydrogen-bond acceptors (Lipinski definition) is 6. The molecule has 0 saturated carbocycles. The predicted molar refractivity (Wildman–Crippen MR) is 91.3 cm³/mol. The molecule has 2 N–H and O–H groups in total. The van der Waals surface area contributed by atoms with Crippen LogP contribution in [0.2, 0.25) is 0 Å². The number of hydrogen-bond donors (Lipinski definition) is 2. The Morgan fingerprint density at radius 3 is 2.75 bits per heavy atom. The topological polar surface area (TPSA) is 106 Å². The van der Waals surface area contributed by atoms with Crippen molar-refractivity contribution in [3.8, 4) is 5.75 Å². The highest BCUT2D eigenvalue weighted by atomic mass is 32.2. The number of methoxy groups -OCH3 is 1. The number of aromatic nitrogens is 1. The van der Waals surface area contributed by atoms with Crippen molar-refractivity contribution in [1.82, 2.24) is 4.98 Å². The second kappa shape index (κ2) is 7.63. The molecular formula is C15H18N2O5S2. The molecule has 24 heavy (non-hydrogen) atoms. The maximum atomic E-state index is 12.5.